The number of aromatic nitrogens is 1. The van der Waals surface area contributed by atoms with E-state index in [1.54, 1.807) is 11.3 Å². The van der Waals surface area contributed by atoms with Gasteiger partial charge in [0, 0.05) is 53.9 Å². The van der Waals surface area contributed by atoms with E-state index in [0.717, 1.165) is 5.69 Å². The maximum Gasteiger partial charge on any atom is 0.0986 e. The Morgan fingerprint density at radius 3 is 2.16 bits per heavy atom. The number of benzene rings is 1. The average Bonchev–Trinajstić information content (AvgIpc) is 3.35. The van der Waals surface area contributed by atoms with Gasteiger partial charge in [-0.2, -0.15) is 0 Å². The van der Waals surface area contributed by atoms with Crippen LogP contribution in [0.3, 0.4) is 0 Å². The number of anilines is 2. The van der Waals surface area contributed by atoms with Gasteiger partial charge in [0.1, 0.15) is 0 Å². The molecule has 4 rings (SSSR count). The summed E-state index contributed by atoms with van der Waals surface area (Å²) in [5.74, 6) is 0. The lowest BCUT2D eigenvalue weighted by Gasteiger charge is -2.25. The lowest BCUT2D eigenvalue weighted by molar-refractivity contribution is 0.586. The first-order chi connectivity index (χ1) is 12.0. The summed E-state index contributed by atoms with van der Waals surface area (Å²) in [7, 11) is 0. The molecule has 0 bridgehead atoms. The molecule has 2 saturated heterocycles. The van der Waals surface area contributed by atoms with Crippen LogP contribution in [0.15, 0.2) is 23.6 Å². The van der Waals surface area contributed by atoms with E-state index in [0.29, 0.717) is 0 Å². The molecule has 4 heteroatoms. The van der Waals surface area contributed by atoms with Crippen LogP contribution in [0.4, 0.5) is 11.4 Å². The quantitative estimate of drug-likeness (QED) is 0.744. The normalized spacial score (nSPS) is 18.4. The molecule has 2 aliphatic heterocycles. The van der Waals surface area contributed by atoms with Crippen LogP contribution in [0.2, 0.25) is 0 Å². The minimum Gasteiger partial charge on any atom is -0.371 e. The summed E-state index contributed by atoms with van der Waals surface area (Å²) in [4.78, 5) is 10.1. The van der Waals surface area contributed by atoms with Crippen LogP contribution in [0.25, 0.3) is 11.3 Å². The van der Waals surface area contributed by atoms with Crippen molar-refractivity contribution in [2.24, 2.45) is 0 Å². The highest BCUT2D eigenvalue weighted by Gasteiger charge is 2.23. The first kappa shape index (κ1) is 16.9. The predicted molar refractivity (Wildman–Crippen MR) is 109 cm³/mol. The largest absolute Gasteiger partial charge is 0.371 e. The number of thiazole rings is 1. The standard InChI is InChI=1S/C21H29N3S/c1-21(2,3)20-22-18(15-25-20)17-9-8-16(23-10-4-5-11-23)14-19(17)24-12-6-7-13-24/h8-9,14-15H,4-7,10-13H2,1-3H3. The van der Waals surface area contributed by atoms with Crippen molar-refractivity contribution in [1.29, 1.82) is 0 Å². The highest BCUT2D eigenvalue weighted by atomic mass is 32.1. The van der Waals surface area contributed by atoms with Crippen LogP contribution in [-0.2, 0) is 5.41 Å². The molecule has 1 aromatic heterocycles. The molecule has 134 valence electrons. The molecule has 0 saturated carbocycles. The molecule has 2 aliphatic rings. The van der Waals surface area contributed by atoms with Crippen molar-refractivity contribution in [3.63, 3.8) is 0 Å². The molecule has 2 fully saturated rings. The van der Waals surface area contributed by atoms with E-state index < -0.39 is 0 Å². The van der Waals surface area contributed by atoms with Crippen molar-refractivity contribution in [3.05, 3.63) is 28.6 Å². The van der Waals surface area contributed by atoms with Crippen molar-refractivity contribution in [2.45, 2.75) is 51.9 Å². The lowest BCUT2D eigenvalue weighted by atomic mass is 9.98. The van der Waals surface area contributed by atoms with Crippen LogP contribution in [0, 0.1) is 0 Å². The van der Waals surface area contributed by atoms with E-state index in [-0.39, 0.29) is 5.41 Å². The molecule has 0 atom stereocenters. The number of nitrogens with zero attached hydrogens (tertiary/aromatic N) is 3. The van der Waals surface area contributed by atoms with Crippen molar-refractivity contribution in [3.8, 4) is 11.3 Å². The molecule has 0 aliphatic carbocycles. The third kappa shape index (κ3) is 3.41. The maximum absolute atomic E-state index is 4.99. The average molecular weight is 356 g/mol. The Hall–Kier alpha value is -1.55. The van der Waals surface area contributed by atoms with Gasteiger partial charge < -0.3 is 9.80 Å². The van der Waals surface area contributed by atoms with Gasteiger partial charge in [0.2, 0.25) is 0 Å². The van der Waals surface area contributed by atoms with Crippen LogP contribution in [0.1, 0.15) is 51.5 Å². The monoisotopic (exact) mass is 355 g/mol. The van der Waals surface area contributed by atoms with E-state index in [9.17, 15) is 0 Å². The van der Waals surface area contributed by atoms with Crippen molar-refractivity contribution in [2.75, 3.05) is 36.0 Å². The highest BCUT2D eigenvalue weighted by Crippen LogP contribution is 2.38. The minimum atomic E-state index is 0.117. The Morgan fingerprint density at radius 2 is 1.56 bits per heavy atom. The fourth-order valence-electron chi connectivity index (χ4n) is 3.87. The zero-order valence-electron chi connectivity index (χ0n) is 15.7. The van der Waals surface area contributed by atoms with Crippen LogP contribution < -0.4 is 9.80 Å². The van der Waals surface area contributed by atoms with Gasteiger partial charge in [-0.05, 0) is 43.9 Å². The second-order valence-corrected chi connectivity index (χ2v) is 9.24. The van der Waals surface area contributed by atoms with Gasteiger partial charge in [-0.15, -0.1) is 11.3 Å². The Balaban J connectivity index is 1.74. The third-order valence-electron chi connectivity index (χ3n) is 5.32. The minimum absolute atomic E-state index is 0.117. The molecular weight excluding hydrogens is 326 g/mol. The van der Waals surface area contributed by atoms with Gasteiger partial charge in [0.15, 0.2) is 0 Å². The molecule has 25 heavy (non-hydrogen) atoms. The second-order valence-electron chi connectivity index (χ2n) is 8.38. The van der Waals surface area contributed by atoms with Crippen LogP contribution >= 0.6 is 11.3 Å². The third-order valence-corrected chi connectivity index (χ3v) is 6.59. The Kier molecular flexibility index (Phi) is 4.48. The summed E-state index contributed by atoms with van der Waals surface area (Å²) in [5.41, 5.74) is 5.33. The Bertz CT molecular complexity index is 732. The molecule has 0 N–H and O–H groups in total. The Labute approximate surface area is 155 Å². The zero-order valence-corrected chi connectivity index (χ0v) is 16.5. The summed E-state index contributed by atoms with van der Waals surface area (Å²) in [5, 5.41) is 3.46. The molecular formula is C21H29N3S. The fraction of sp³-hybridized carbons (Fsp3) is 0.571. The van der Waals surface area contributed by atoms with Crippen LogP contribution in [-0.4, -0.2) is 31.2 Å². The van der Waals surface area contributed by atoms with E-state index >= 15 is 0 Å². The van der Waals surface area contributed by atoms with E-state index in [1.165, 1.54) is 73.8 Å². The lowest BCUT2D eigenvalue weighted by Crippen LogP contribution is -2.21. The number of rotatable bonds is 3. The van der Waals surface area contributed by atoms with Gasteiger partial charge in [0.05, 0.1) is 10.7 Å². The van der Waals surface area contributed by atoms with Crippen molar-refractivity contribution < 1.29 is 0 Å². The van der Waals surface area contributed by atoms with Gasteiger partial charge in [-0.1, -0.05) is 20.8 Å². The smallest absolute Gasteiger partial charge is 0.0986 e. The molecule has 0 radical (unpaired) electrons. The molecule has 2 aromatic rings. The first-order valence-corrected chi connectivity index (χ1v) is 10.5. The van der Waals surface area contributed by atoms with Gasteiger partial charge in [-0.25, -0.2) is 4.98 Å². The van der Waals surface area contributed by atoms with Gasteiger partial charge in [-0.3, -0.25) is 0 Å². The van der Waals surface area contributed by atoms with E-state index in [1.807, 2.05) is 0 Å². The highest BCUT2D eigenvalue weighted by molar-refractivity contribution is 7.10. The molecule has 0 amide bonds. The maximum atomic E-state index is 4.99. The SMILES string of the molecule is CC(C)(C)c1nc(-c2ccc(N3CCCC3)cc2N2CCCC2)cs1. The predicted octanol–water partition coefficient (Wildman–Crippen LogP) is 5.31. The van der Waals surface area contributed by atoms with E-state index in [2.05, 4.69) is 54.2 Å². The summed E-state index contributed by atoms with van der Waals surface area (Å²) >= 11 is 1.79. The summed E-state index contributed by atoms with van der Waals surface area (Å²) in [6.45, 7) is 11.5. The molecule has 3 heterocycles. The number of hydrogen-bond acceptors (Lipinski definition) is 4. The summed E-state index contributed by atoms with van der Waals surface area (Å²) < 4.78 is 0. The molecule has 1 aromatic carbocycles. The van der Waals surface area contributed by atoms with Crippen molar-refractivity contribution >= 4 is 22.7 Å². The fourth-order valence-corrected chi connectivity index (χ4v) is 4.78. The van der Waals surface area contributed by atoms with E-state index in [4.69, 9.17) is 4.98 Å². The first-order valence-electron chi connectivity index (χ1n) is 9.63. The number of hydrogen-bond donors (Lipinski definition) is 0. The topological polar surface area (TPSA) is 19.4 Å². The van der Waals surface area contributed by atoms with Gasteiger partial charge >= 0.3 is 0 Å². The Morgan fingerprint density at radius 1 is 0.920 bits per heavy atom. The van der Waals surface area contributed by atoms with Gasteiger partial charge in [0.25, 0.3) is 0 Å². The summed E-state index contributed by atoms with van der Waals surface area (Å²) in [6.07, 6.45) is 5.25. The second kappa shape index (κ2) is 6.64. The van der Waals surface area contributed by atoms with Crippen molar-refractivity contribution in [1.82, 2.24) is 4.98 Å². The molecule has 0 spiro atoms. The van der Waals surface area contributed by atoms with Crippen LogP contribution in [0.5, 0.6) is 0 Å². The molecule has 3 nitrogen and oxygen atoms in total. The summed E-state index contributed by atoms with van der Waals surface area (Å²) in [6, 6.07) is 7.03. The zero-order chi connectivity index (χ0) is 17.4. The molecule has 0 unspecified atom stereocenters.